The van der Waals surface area contributed by atoms with Crippen LogP contribution in [-0.4, -0.2) is 85.7 Å². The number of methoxy groups -OCH3 is 1. The number of rotatable bonds is 5. The Balaban J connectivity index is 1.66. The van der Waals surface area contributed by atoms with Gasteiger partial charge in [0.25, 0.3) is 5.91 Å². The first-order valence-electron chi connectivity index (χ1n) is 10.7. The Morgan fingerprint density at radius 2 is 1.84 bits per heavy atom. The first-order valence-corrected chi connectivity index (χ1v) is 12.5. The van der Waals surface area contributed by atoms with Gasteiger partial charge in [-0.1, -0.05) is 0 Å². The standard InChI is InChI=1S/C22H30N4O4S/c1-24-11-8-17(9-12-24)25(2)22(27)20-14-21(16-4-6-19(30-3)7-5-16)26(23-20)18-10-13-31(28,29)15-18/h4-7,14,17-18H,8-13,15H2,1-3H3/t18-/m0/s1. The fraction of sp³-hybridized carbons (Fsp3) is 0.545. The minimum Gasteiger partial charge on any atom is -0.497 e. The van der Waals surface area contributed by atoms with Crippen LogP contribution in [0.15, 0.2) is 30.3 Å². The van der Waals surface area contributed by atoms with Gasteiger partial charge >= 0.3 is 0 Å². The number of piperidine rings is 1. The number of likely N-dealkylation sites (tertiary alicyclic amines) is 1. The topological polar surface area (TPSA) is 84.7 Å². The van der Waals surface area contributed by atoms with Gasteiger partial charge in [0, 0.05) is 18.7 Å². The zero-order valence-corrected chi connectivity index (χ0v) is 19.1. The molecule has 0 aliphatic carbocycles. The van der Waals surface area contributed by atoms with Gasteiger partial charge in [-0.25, -0.2) is 8.42 Å². The highest BCUT2D eigenvalue weighted by atomic mass is 32.2. The number of nitrogens with zero attached hydrogens (tertiary/aromatic N) is 4. The van der Waals surface area contributed by atoms with E-state index in [4.69, 9.17) is 4.74 Å². The van der Waals surface area contributed by atoms with Crippen LogP contribution in [0.5, 0.6) is 5.75 Å². The molecule has 3 heterocycles. The van der Waals surface area contributed by atoms with Gasteiger partial charge in [0.1, 0.15) is 5.75 Å². The second-order valence-electron chi connectivity index (χ2n) is 8.60. The first-order chi connectivity index (χ1) is 14.8. The average Bonchev–Trinajstić information content (AvgIpc) is 3.36. The van der Waals surface area contributed by atoms with Crippen molar-refractivity contribution in [3.63, 3.8) is 0 Å². The Labute approximate surface area is 183 Å². The normalized spacial score (nSPS) is 21.8. The molecular weight excluding hydrogens is 416 g/mol. The SMILES string of the molecule is COc1ccc(-c2cc(C(=O)N(C)C3CCN(C)CC3)nn2[C@H]2CCS(=O)(=O)C2)cc1. The number of aromatic nitrogens is 2. The lowest BCUT2D eigenvalue weighted by Gasteiger charge is -2.34. The molecule has 4 rings (SSSR count). The maximum Gasteiger partial charge on any atom is 0.274 e. The smallest absolute Gasteiger partial charge is 0.274 e. The molecule has 168 valence electrons. The lowest BCUT2D eigenvalue weighted by atomic mass is 10.0. The van der Waals surface area contributed by atoms with Crippen LogP contribution in [0.3, 0.4) is 0 Å². The van der Waals surface area contributed by atoms with Crippen LogP contribution < -0.4 is 4.74 Å². The van der Waals surface area contributed by atoms with E-state index < -0.39 is 9.84 Å². The summed E-state index contributed by atoms with van der Waals surface area (Å²) in [5.41, 5.74) is 1.99. The number of carbonyl (C=O) groups excluding carboxylic acids is 1. The molecule has 1 atom stereocenters. The van der Waals surface area contributed by atoms with E-state index in [2.05, 4.69) is 17.0 Å². The summed E-state index contributed by atoms with van der Waals surface area (Å²) in [6, 6.07) is 9.23. The fourth-order valence-corrected chi connectivity index (χ4v) is 6.14. The summed E-state index contributed by atoms with van der Waals surface area (Å²) in [6.07, 6.45) is 2.38. The van der Waals surface area contributed by atoms with E-state index in [1.165, 1.54) is 0 Å². The van der Waals surface area contributed by atoms with Gasteiger partial charge in [-0.05, 0) is 69.7 Å². The number of hydrogen-bond donors (Lipinski definition) is 0. The zero-order chi connectivity index (χ0) is 22.2. The van der Waals surface area contributed by atoms with Crippen molar-refractivity contribution in [2.75, 3.05) is 45.8 Å². The van der Waals surface area contributed by atoms with E-state index in [-0.39, 0.29) is 29.5 Å². The molecule has 2 aliphatic rings. The molecular formula is C22H30N4O4S. The molecule has 0 saturated carbocycles. The Morgan fingerprint density at radius 1 is 1.16 bits per heavy atom. The Morgan fingerprint density at radius 3 is 2.42 bits per heavy atom. The van der Waals surface area contributed by atoms with E-state index in [9.17, 15) is 13.2 Å². The third-order valence-electron chi connectivity index (χ3n) is 6.45. The molecule has 2 aromatic rings. The Kier molecular flexibility index (Phi) is 6.07. The summed E-state index contributed by atoms with van der Waals surface area (Å²) >= 11 is 0. The van der Waals surface area contributed by atoms with Crippen LogP contribution in [0, 0.1) is 0 Å². The highest BCUT2D eigenvalue weighted by Crippen LogP contribution is 2.31. The lowest BCUT2D eigenvalue weighted by molar-refractivity contribution is 0.0652. The van der Waals surface area contributed by atoms with E-state index in [0.717, 1.165) is 42.9 Å². The lowest BCUT2D eigenvalue weighted by Crippen LogP contribution is -2.44. The molecule has 1 aromatic heterocycles. The van der Waals surface area contributed by atoms with E-state index in [0.29, 0.717) is 12.1 Å². The van der Waals surface area contributed by atoms with Crippen molar-refractivity contribution >= 4 is 15.7 Å². The van der Waals surface area contributed by atoms with Crippen molar-refractivity contribution in [3.8, 4) is 17.0 Å². The average molecular weight is 447 g/mol. The molecule has 1 amide bonds. The molecule has 0 N–H and O–H groups in total. The van der Waals surface area contributed by atoms with Crippen molar-refractivity contribution < 1.29 is 17.9 Å². The zero-order valence-electron chi connectivity index (χ0n) is 18.3. The number of hydrogen-bond acceptors (Lipinski definition) is 6. The van der Waals surface area contributed by atoms with Crippen LogP contribution in [0.1, 0.15) is 35.8 Å². The van der Waals surface area contributed by atoms with Gasteiger partial charge in [-0.3, -0.25) is 9.48 Å². The highest BCUT2D eigenvalue weighted by Gasteiger charge is 2.33. The first kappa shape index (κ1) is 21.8. The predicted octanol–water partition coefficient (Wildman–Crippen LogP) is 2.08. The summed E-state index contributed by atoms with van der Waals surface area (Å²) in [4.78, 5) is 17.3. The molecule has 2 aliphatic heterocycles. The van der Waals surface area contributed by atoms with Crippen molar-refractivity contribution in [1.82, 2.24) is 19.6 Å². The van der Waals surface area contributed by atoms with Crippen LogP contribution in [0.2, 0.25) is 0 Å². The molecule has 2 fully saturated rings. The maximum absolute atomic E-state index is 13.3. The van der Waals surface area contributed by atoms with Crippen LogP contribution in [0.25, 0.3) is 11.3 Å². The van der Waals surface area contributed by atoms with Gasteiger partial charge in [-0.2, -0.15) is 5.10 Å². The summed E-state index contributed by atoms with van der Waals surface area (Å²) in [5, 5.41) is 4.63. The molecule has 0 spiro atoms. The number of ether oxygens (including phenoxy) is 1. The number of sulfone groups is 1. The third kappa shape index (κ3) is 4.62. The summed E-state index contributed by atoms with van der Waals surface area (Å²) in [6.45, 7) is 1.93. The molecule has 0 bridgehead atoms. The quantitative estimate of drug-likeness (QED) is 0.699. The number of carbonyl (C=O) groups is 1. The number of benzene rings is 1. The molecule has 1 aromatic carbocycles. The molecule has 0 unspecified atom stereocenters. The Hall–Kier alpha value is -2.39. The van der Waals surface area contributed by atoms with Crippen LogP contribution in [0.4, 0.5) is 0 Å². The monoisotopic (exact) mass is 446 g/mol. The molecule has 0 radical (unpaired) electrons. The van der Waals surface area contributed by atoms with Gasteiger partial charge in [0.2, 0.25) is 0 Å². The minimum atomic E-state index is -3.08. The maximum atomic E-state index is 13.3. The molecule has 8 nitrogen and oxygen atoms in total. The van der Waals surface area contributed by atoms with Gasteiger partial charge < -0.3 is 14.5 Å². The largest absolute Gasteiger partial charge is 0.497 e. The van der Waals surface area contributed by atoms with Crippen LogP contribution in [-0.2, 0) is 9.84 Å². The van der Waals surface area contributed by atoms with Crippen molar-refractivity contribution in [3.05, 3.63) is 36.0 Å². The van der Waals surface area contributed by atoms with Crippen LogP contribution >= 0.6 is 0 Å². The highest BCUT2D eigenvalue weighted by molar-refractivity contribution is 7.91. The minimum absolute atomic E-state index is 0.0518. The number of amides is 1. The van der Waals surface area contributed by atoms with Gasteiger partial charge in [0.15, 0.2) is 15.5 Å². The van der Waals surface area contributed by atoms with Crippen molar-refractivity contribution in [1.29, 1.82) is 0 Å². The van der Waals surface area contributed by atoms with Crippen molar-refractivity contribution in [2.24, 2.45) is 0 Å². The van der Waals surface area contributed by atoms with Gasteiger partial charge in [-0.15, -0.1) is 0 Å². The molecule has 31 heavy (non-hydrogen) atoms. The predicted molar refractivity (Wildman–Crippen MR) is 119 cm³/mol. The van der Waals surface area contributed by atoms with E-state index in [1.807, 2.05) is 31.3 Å². The Bertz CT molecular complexity index is 1040. The molecule has 2 saturated heterocycles. The van der Waals surface area contributed by atoms with E-state index >= 15 is 0 Å². The summed E-state index contributed by atoms with van der Waals surface area (Å²) in [5.74, 6) is 0.815. The second kappa shape index (κ2) is 8.63. The fourth-order valence-electron chi connectivity index (χ4n) is 4.45. The van der Waals surface area contributed by atoms with Gasteiger partial charge in [0.05, 0.1) is 30.4 Å². The van der Waals surface area contributed by atoms with Crippen molar-refractivity contribution in [2.45, 2.75) is 31.3 Å². The summed E-state index contributed by atoms with van der Waals surface area (Å²) in [7, 11) is 2.46. The third-order valence-corrected chi connectivity index (χ3v) is 8.20. The molecule has 9 heteroatoms. The van der Waals surface area contributed by atoms with E-state index in [1.54, 1.807) is 22.8 Å². The second-order valence-corrected chi connectivity index (χ2v) is 10.8. The summed E-state index contributed by atoms with van der Waals surface area (Å²) < 4.78 is 31.2.